The molecule has 0 saturated carbocycles. The highest BCUT2D eigenvalue weighted by Gasteiger charge is 2.17. The summed E-state index contributed by atoms with van der Waals surface area (Å²) in [5.41, 5.74) is 6.42. The van der Waals surface area contributed by atoms with E-state index in [2.05, 4.69) is 34.2 Å². The summed E-state index contributed by atoms with van der Waals surface area (Å²) in [7, 11) is 0. The van der Waals surface area contributed by atoms with Gasteiger partial charge in [-0.1, -0.05) is 24.3 Å². The van der Waals surface area contributed by atoms with E-state index in [-0.39, 0.29) is 0 Å². The van der Waals surface area contributed by atoms with E-state index in [4.69, 9.17) is 28.8 Å². The number of aromatic nitrogens is 6. The van der Waals surface area contributed by atoms with Gasteiger partial charge in [-0.25, -0.2) is 19.9 Å². The van der Waals surface area contributed by atoms with Gasteiger partial charge in [-0.2, -0.15) is 0 Å². The van der Waals surface area contributed by atoms with Crippen molar-refractivity contribution in [2.75, 3.05) is 0 Å². The van der Waals surface area contributed by atoms with E-state index in [9.17, 15) is 0 Å². The van der Waals surface area contributed by atoms with Crippen LogP contribution in [0.2, 0.25) is 0 Å². The lowest BCUT2D eigenvalue weighted by atomic mass is 10.0. The van der Waals surface area contributed by atoms with Crippen molar-refractivity contribution in [3.05, 3.63) is 110 Å². The third-order valence-electron chi connectivity index (χ3n) is 8.37. The van der Waals surface area contributed by atoms with Crippen molar-refractivity contribution in [2.24, 2.45) is 0 Å². The summed E-state index contributed by atoms with van der Waals surface area (Å²) in [5.74, 6) is 1.22. The molecule has 204 valence electrons. The maximum Gasteiger partial charge on any atom is 0.159 e. The molecule has 0 unspecified atom stereocenters. The Morgan fingerprint density at radius 2 is 0.909 bits per heavy atom. The van der Waals surface area contributed by atoms with E-state index in [1.54, 1.807) is 24.8 Å². The lowest BCUT2D eigenvalue weighted by Gasteiger charge is -2.11. The molecule has 0 saturated heterocycles. The SMILES string of the molecule is c1ccc2c(c1)c1cnc(-c3ccc4oc5cnccc5c4c3)nc1c1nc(-c3ccc4oc5cnccc5c4c3)ncc21. The minimum Gasteiger partial charge on any atom is -0.454 e. The molecule has 10 aromatic rings. The molecule has 0 spiro atoms. The van der Waals surface area contributed by atoms with Crippen LogP contribution in [0.3, 0.4) is 0 Å². The Bertz CT molecular complexity index is 2610. The molecule has 0 aliphatic carbocycles. The number of hydrogen-bond acceptors (Lipinski definition) is 8. The van der Waals surface area contributed by atoms with Gasteiger partial charge >= 0.3 is 0 Å². The van der Waals surface area contributed by atoms with Gasteiger partial charge in [0.25, 0.3) is 0 Å². The van der Waals surface area contributed by atoms with Gasteiger partial charge < -0.3 is 8.83 Å². The number of pyridine rings is 2. The molecular formula is C36H18N6O2. The molecule has 0 fully saturated rings. The van der Waals surface area contributed by atoms with Crippen LogP contribution in [0.5, 0.6) is 0 Å². The van der Waals surface area contributed by atoms with Gasteiger partial charge in [0.1, 0.15) is 22.2 Å². The van der Waals surface area contributed by atoms with E-state index in [0.717, 1.165) is 87.6 Å². The van der Waals surface area contributed by atoms with Crippen molar-refractivity contribution in [1.29, 1.82) is 0 Å². The van der Waals surface area contributed by atoms with Gasteiger partial charge in [0.05, 0.1) is 12.4 Å². The van der Waals surface area contributed by atoms with Crippen molar-refractivity contribution in [3.63, 3.8) is 0 Å². The average Bonchev–Trinajstić information content (AvgIpc) is 3.65. The van der Waals surface area contributed by atoms with Crippen LogP contribution in [0.4, 0.5) is 0 Å². The first-order valence-electron chi connectivity index (χ1n) is 14.2. The predicted molar refractivity (Wildman–Crippen MR) is 171 cm³/mol. The summed E-state index contributed by atoms with van der Waals surface area (Å²) < 4.78 is 12.0. The smallest absolute Gasteiger partial charge is 0.159 e. The van der Waals surface area contributed by atoms with Gasteiger partial charge in [-0.15, -0.1) is 0 Å². The van der Waals surface area contributed by atoms with Crippen molar-refractivity contribution in [2.45, 2.75) is 0 Å². The standard InChI is InChI=1S/C36H18N6O2/c1-2-4-22-21(3-1)27-15-39-35(19-5-7-29-25(13-19)23-9-11-37-17-31(23)43-29)41-33(27)34-28(22)16-40-36(42-34)20-6-8-30-26(14-20)24-10-12-38-18-32(24)44-30/h1-18H. The van der Waals surface area contributed by atoms with Crippen LogP contribution >= 0.6 is 0 Å². The van der Waals surface area contributed by atoms with E-state index < -0.39 is 0 Å². The molecule has 10 rings (SSSR count). The molecule has 8 heteroatoms. The van der Waals surface area contributed by atoms with Crippen LogP contribution in [0.1, 0.15) is 0 Å². The van der Waals surface area contributed by atoms with Crippen molar-refractivity contribution >= 4 is 76.5 Å². The Morgan fingerprint density at radius 1 is 0.409 bits per heavy atom. The number of furan rings is 2. The van der Waals surface area contributed by atoms with Crippen molar-refractivity contribution in [3.8, 4) is 22.8 Å². The second-order valence-corrected chi connectivity index (χ2v) is 10.8. The molecule has 6 heterocycles. The minimum atomic E-state index is 0.611. The first kappa shape index (κ1) is 23.3. The normalized spacial score (nSPS) is 12.1. The topological polar surface area (TPSA) is 104 Å². The molecule has 0 amide bonds. The Balaban J connectivity index is 1.22. The van der Waals surface area contributed by atoms with Crippen LogP contribution in [0.25, 0.3) is 99.2 Å². The first-order valence-corrected chi connectivity index (χ1v) is 14.2. The molecule has 0 N–H and O–H groups in total. The zero-order valence-electron chi connectivity index (χ0n) is 22.9. The lowest BCUT2D eigenvalue weighted by molar-refractivity contribution is 0.666. The molecule has 0 aliphatic heterocycles. The van der Waals surface area contributed by atoms with Crippen LogP contribution in [0, 0.1) is 0 Å². The summed E-state index contributed by atoms with van der Waals surface area (Å²) in [4.78, 5) is 28.3. The number of rotatable bonds is 2. The summed E-state index contributed by atoms with van der Waals surface area (Å²) in [5, 5.41) is 7.99. The molecule has 0 aliphatic rings. The summed E-state index contributed by atoms with van der Waals surface area (Å²) >= 11 is 0. The minimum absolute atomic E-state index is 0.611. The highest BCUT2D eigenvalue weighted by molar-refractivity contribution is 6.23. The number of nitrogens with zero attached hydrogens (tertiary/aromatic N) is 6. The Kier molecular flexibility index (Phi) is 4.57. The largest absolute Gasteiger partial charge is 0.454 e. The summed E-state index contributed by atoms with van der Waals surface area (Å²) in [6.07, 6.45) is 10.8. The van der Waals surface area contributed by atoms with E-state index in [0.29, 0.717) is 11.6 Å². The molecule has 0 radical (unpaired) electrons. The second-order valence-electron chi connectivity index (χ2n) is 10.8. The van der Waals surface area contributed by atoms with Gasteiger partial charge in [0.2, 0.25) is 0 Å². The fourth-order valence-electron chi connectivity index (χ4n) is 6.29. The van der Waals surface area contributed by atoms with Crippen molar-refractivity contribution in [1.82, 2.24) is 29.9 Å². The first-order chi connectivity index (χ1) is 21.8. The molecule has 0 atom stereocenters. The quantitative estimate of drug-likeness (QED) is 0.192. The maximum absolute atomic E-state index is 5.99. The Morgan fingerprint density at radius 3 is 1.41 bits per heavy atom. The molecule has 44 heavy (non-hydrogen) atoms. The van der Waals surface area contributed by atoms with Gasteiger partial charge in [0, 0.05) is 68.2 Å². The van der Waals surface area contributed by atoms with Gasteiger partial charge in [-0.05, 0) is 59.3 Å². The van der Waals surface area contributed by atoms with Crippen molar-refractivity contribution < 1.29 is 8.83 Å². The van der Waals surface area contributed by atoms with Gasteiger partial charge in [-0.3, -0.25) is 9.97 Å². The molecule has 0 bridgehead atoms. The Labute approximate surface area is 247 Å². The maximum atomic E-state index is 5.99. The highest BCUT2D eigenvalue weighted by atomic mass is 16.3. The fourth-order valence-corrected chi connectivity index (χ4v) is 6.29. The molecule has 6 aromatic heterocycles. The molecular weight excluding hydrogens is 548 g/mol. The van der Waals surface area contributed by atoms with E-state index >= 15 is 0 Å². The monoisotopic (exact) mass is 566 g/mol. The van der Waals surface area contributed by atoms with Crippen LogP contribution in [-0.2, 0) is 0 Å². The van der Waals surface area contributed by atoms with E-state index in [1.165, 1.54) is 0 Å². The number of hydrogen-bond donors (Lipinski definition) is 0. The number of benzene rings is 4. The van der Waals surface area contributed by atoms with Crippen LogP contribution < -0.4 is 0 Å². The lowest BCUT2D eigenvalue weighted by Crippen LogP contribution is -1.96. The average molecular weight is 567 g/mol. The zero-order chi connectivity index (χ0) is 28.8. The number of fused-ring (bicyclic) bond motifs is 12. The second kappa shape index (κ2) is 8.62. The van der Waals surface area contributed by atoms with Gasteiger partial charge in [0.15, 0.2) is 22.8 Å². The van der Waals surface area contributed by atoms with E-state index in [1.807, 2.05) is 60.9 Å². The third kappa shape index (κ3) is 3.27. The fraction of sp³-hybridized carbons (Fsp3) is 0. The highest BCUT2D eigenvalue weighted by Crippen LogP contribution is 2.37. The van der Waals surface area contributed by atoms with Crippen LogP contribution in [-0.4, -0.2) is 29.9 Å². The third-order valence-corrected chi connectivity index (χ3v) is 8.37. The summed E-state index contributed by atoms with van der Waals surface area (Å²) in [6.45, 7) is 0. The zero-order valence-corrected chi connectivity index (χ0v) is 22.9. The Hall–Kier alpha value is -6.28. The molecule has 8 nitrogen and oxygen atoms in total. The molecule has 4 aromatic carbocycles. The summed E-state index contributed by atoms with van der Waals surface area (Å²) in [6, 6.07) is 24.2. The van der Waals surface area contributed by atoms with Crippen LogP contribution in [0.15, 0.2) is 119 Å². The predicted octanol–water partition coefficient (Wildman–Crippen LogP) is 8.65.